The molecular weight excluding hydrogens is 389 g/mol. The topological polar surface area (TPSA) is 77.5 Å². The minimum Gasteiger partial charge on any atom is -0.468 e. The molecule has 1 aromatic carbocycles. The molecule has 0 aliphatic rings. The molecule has 1 aromatic heterocycles. The van der Waals surface area contributed by atoms with Crippen LogP contribution in [0.5, 0.6) is 5.88 Å². The average molecular weight is 410 g/mol. The maximum Gasteiger partial charge on any atom is 0.422 e. The van der Waals surface area contributed by atoms with Crippen molar-refractivity contribution in [3.05, 3.63) is 59.8 Å². The van der Waals surface area contributed by atoms with Crippen molar-refractivity contribution < 1.29 is 32.2 Å². The van der Waals surface area contributed by atoms with E-state index in [4.69, 9.17) is 4.74 Å². The summed E-state index contributed by atoms with van der Waals surface area (Å²) >= 11 is 0. The fourth-order valence-electron chi connectivity index (χ4n) is 2.41. The molecule has 29 heavy (non-hydrogen) atoms. The second-order valence-corrected chi connectivity index (χ2v) is 6.47. The Hall–Kier alpha value is -3.10. The summed E-state index contributed by atoms with van der Waals surface area (Å²) in [5.41, 5.74) is 0.821. The Morgan fingerprint density at radius 2 is 1.79 bits per heavy atom. The number of hydrogen-bond donors (Lipinski definition) is 1. The molecule has 0 saturated carbocycles. The Morgan fingerprint density at radius 1 is 1.10 bits per heavy atom. The van der Waals surface area contributed by atoms with E-state index >= 15 is 0 Å². The van der Waals surface area contributed by atoms with E-state index in [1.165, 1.54) is 12.1 Å². The Labute approximate surface area is 166 Å². The van der Waals surface area contributed by atoms with Crippen LogP contribution in [-0.2, 0) is 9.53 Å². The first-order valence-corrected chi connectivity index (χ1v) is 8.85. The first kappa shape index (κ1) is 22.2. The van der Waals surface area contributed by atoms with Crippen LogP contribution in [-0.4, -0.2) is 35.7 Å². The minimum absolute atomic E-state index is 0.0753. The highest BCUT2D eigenvalue weighted by Crippen LogP contribution is 2.20. The van der Waals surface area contributed by atoms with Crippen molar-refractivity contribution in [3.8, 4) is 5.88 Å². The number of rotatable bonds is 8. The molecule has 156 valence electrons. The van der Waals surface area contributed by atoms with E-state index in [0.29, 0.717) is 5.56 Å². The number of alkyl halides is 3. The number of amides is 1. The van der Waals surface area contributed by atoms with Gasteiger partial charge in [0.15, 0.2) is 6.61 Å². The molecule has 0 aliphatic heterocycles. The zero-order valence-corrected chi connectivity index (χ0v) is 15.9. The maximum absolute atomic E-state index is 12.5. The molecule has 2 aromatic rings. The van der Waals surface area contributed by atoms with Gasteiger partial charge in [-0.1, -0.05) is 30.3 Å². The molecule has 2 rings (SSSR count). The molecule has 6 nitrogen and oxygen atoms in total. The molecule has 0 spiro atoms. The lowest BCUT2D eigenvalue weighted by atomic mass is 10.0. The first-order chi connectivity index (χ1) is 13.6. The summed E-state index contributed by atoms with van der Waals surface area (Å²) < 4.78 is 46.2. The summed E-state index contributed by atoms with van der Waals surface area (Å²) in [6.45, 7) is 1.98. The summed E-state index contributed by atoms with van der Waals surface area (Å²) in [5, 5.41) is 2.73. The number of halogens is 3. The van der Waals surface area contributed by atoms with Gasteiger partial charge in [-0.25, -0.2) is 4.98 Å². The van der Waals surface area contributed by atoms with Gasteiger partial charge in [0.2, 0.25) is 5.88 Å². The second-order valence-electron chi connectivity index (χ2n) is 6.47. The van der Waals surface area contributed by atoms with Crippen molar-refractivity contribution in [2.75, 3.05) is 6.61 Å². The molecule has 0 fully saturated rings. The quantitative estimate of drug-likeness (QED) is 0.670. The van der Waals surface area contributed by atoms with Gasteiger partial charge in [-0.3, -0.25) is 9.59 Å². The van der Waals surface area contributed by atoms with E-state index in [2.05, 4.69) is 15.0 Å². The lowest BCUT2D eigenvalue weighted by Gasteiger charge is -2.19. The van der Waals surface area contributed by atoms with Crippen LogP contribution >= 0.6 is 0 Å². The van der Waals surface area contributed by atoms with E-state index < -0.39 is 30.7 Å². The van der Waals surface area contributed by atoms with Crippen molar-refractivity contribution in [1.82, 2.24) is 10.3 Å². The third-order valence-electron chi connectivity index (χ3n) is 3.63. The van der Waals surface area contributed by atoms with Crippen LogP contribution in [0, 0.1) is 0 Å². The van der Waals surface area contributed by atoms with Gasteiger partial charge in [-0.2, -0.15) is 13.2 Å². The molecule has 0 aliphatic carbocycles. The molecular formula is C20H21F3N2O4. The van der Waals surface area contributed by atoms with E-state index in [1.807, 2.05) is 0 Å². The lowest BCUT2D eigenvalue weighted by molar-refractivity contribution is -0.154. The zero-order chi connectivity index (χ0) is 21.4. The number of hydrogen-bond acceptors (Lipinski definition) is 5. The van der Waals surface area contributed by atoms with Crippen LogP contribution in [0.25, 0.3) is 0 Å². The molecule has 1 atom stereocenters. The van der Waals surface area contributed by atoms with Gasteiger partial charge in [-0.05, 0) is 25.5 Å². The smallest absolute Gasteiger partial charge is 0.422 e. The van der Waals surface area contributed by atoms with Crippen molar-refractivity contribution >= 4 is 11.9 Å². The van der Waals surface area contributed by atoms with Crippen LogP contribution in [0.15, 0.2) is 48.7 Å². The highest BCUT2D eigenvalue weighted by Gasteiger charge is 2.28. The van der Waals surface area contributed by atoms with Gasteiger partial charge in [0.25, 0.3) is 5.91 Å². The number of benzene rings is 1. The molecule has 1 unspecified atom stereocenters. The van der Waals surface area contributed by atoms with Gasteiger partial charge in [0.05, 0.1) is 24.1 Å². The highest BCUT2D eigenvalue weighted by atomic mass is 19.4. The van der Waals surface area contributed by atoms with E-state index in [0.717, 1.165) is 6.20 Å². The molecule has 1 N–H and O–H groups in total. The molecule has 9 heteroatoms. The van der Waals surface area contributed by atoms with Crippen molar-refractivity contribution in [2.24, 2.45) is 0 Å². The number of pyridine rings is 1. The molecule has 1 amide bonds. The van der Waals surface area contributed by atoms with Crippen molar-refractivity contribution in [1.29, 1.82) is 0 Å². The average Bonchev–Trinajstić information content (AvgIpc) is 2.65. The molecule has 1 heterocycles. The number of ether oxygens (including phenoxy) is 2. The van der Waals surface area contributed by atoms with Crippen LogP contribution in [0.2, 0.25) is 0 Å². The third kappa shape index (κ3) is 7.81. The van der Waals surface area contributed by atoms with Crippen LogP contribution in [0.1, 0.15) is 42.2 Å². The van der Waals surface area contributed by atoms with Crippen molar-refractivity contribution in [2.45, 2.75) is 38.6 Å². The highest BCUT2D eigenvalue weighted by molar-refractivity contribution is 5.94. The normalized spacial score (nSPS) is 12.3. The fraction of sp³-hybridized carbons (Fsp3) is 0.350. The summed E-state index contributed by atoms with van der Waals surface area (Å²) in [6, 6.07) is 10.7. The monoisotopic (exact) mass is 410 g/mol. The van der Waals surface area contributed by atoms with Crippen LogP contribution in [0.4, 0.5) is 13.2 Å². The fourth-order valence-corrected chi connectivity index (χ4v) is 2.41. The lowest BCUT2D eigenvalue weighted by Crippen LogP contribution is -2.31. The number of nitrogens with zero attached hydrogens (tertiary/aromatic N) is 1. The van der Waals surface area contributed by atoms with Crippen molar-refractivity contribution in [3.63, 3.8) is 0 Å². The molecule has 0 radical (unpaired) electrons. The summed E-state index contributed by atoms with van der Waals surface area (Å²) in [7, 11) is 0. The zero-order valence-electron chi connectivity index (χ0n) is 15.9. The Kier molecular flexibility index (Phi) is 7.58. The molecule has 0 saturated heterocycles. The number of carbonyl (C=O) groups excluding carboxylic acids is 2. The largest absolute Gasteiger partial charge is 0.468 e. The van der Waals surface area contributed by atoms with Crippen LogP contribution < -0.4 is 10.1 Å². The van der Waals surface area contributed by atoms with E-state index in [1.54, 1.807) is 44.2 Å². The van der Waals surface area contributed by atoms with Gasteiger partial charge in [0, 0.05) is 12.3 Å². The standard InChI is InChI=1S/C20H21F3N2O4/c1-13(2)29-18(26)10-16(14-6-4-3-5-7-14)25-19(27)15-8-9-17(24-11-15)28-12-20(21,22)23/h3-9,11,13,16H,10,12H2,1-2H3,(H,25,27). The van der Waals surface area contributed by atoms with Crippen LogP contribution in [0.3, 0.4) is 0 Å². The SMILES string of the molecule is CC(C)OC(=O)CC(NC(=O)c1ccc(OCC(F)(F)F)nc1)c1ccccc1. The second kappa shape index (κ2) is 9.90. The third-order valence-corrected chi connectivity index (χ3v) is 3.63. The van der Waals surface area contributed by atoms with Gasteiger partial charge in [-0.15, -0.1) is 0 Å². The Morgan fingerprint density at radius 3 is 2.34 bits per heavy atom. The number of esters is 1. The summed E-state index contributed by atoms with van der Waals surface area (Å²) in [6.07, 6.45) is -3.74. The predicted octanol–water partition coefficient (Wildman–Crippen LogP) is 3.84. The molecule has 0 bridgehead atoms. The number of aromatic nitrogens is 1. The Balaban J connectivity index is 2.07. The van der Waals surface area contributed by atoms with Gasteiger partial charge in [0.1, 0.15) is 0 Å². The van der Waals surface area contributed by atoms with Gasteiger partial charge < -0.3 is 14.8 Å². The number of nitrogens with one attached hydrogen (secondary N) is 1. The maximum atomic E-state index is 12.5. The van der Waals surface area contributed by atoms with E-state index in [9.17, 15) is 22.8 Å². The van der Waals surface area contributed by atoms with Gasteiger partial charge >= 0.3 is 12.1 Å². The Bertz CT molecular complexity index is 809. The summed E-state index contributed by atoms with van der Waals surface area (Å²) in [4.78, 5) is 28.3. The first-order valence-electron chi connectivity index (χ1n) is 8.85. The minimum atomic E-state index is -4.48. The predicted molar refractivity (Wildman–Crippen MR) is 98.3 cm³/mol. The summed E-state index contributed by atoms with van der Waals surface area (Å²) in [5.74, 6) is -1.26. The number of carbonyl (C=O) groups is 2. The van der Waals surface area contributed by atoms with E-state index in [-0.39, 0.29) is 24.0 Å².